The van der Waals surface area contributed by atoms with Gasteiger partial charge >= 0.3 is 0 Å². The Bertz CT molecular complexity index is 529. The van der Waals surface area contributed by atoms with Gasteiger partial charge in [0.25, 0.3) is 0 Å². The smallest absolute Gasteiger partial charge is 0.243 e. The van der Waals surface area contributed by atoms with Crippen LogP contribution in [0.5, 0.6) is 0 Å². The third-order valence-electron chi connectivity index (χ3n) is 2.18. The Morgan fingerprint density at radius 2 is 2.06 bits per heavy atom. The Kier molecular flexibility index (Phi) is 4.31. The highest BCUT2D eigenvalue weighted by Gasteiger charge is 2.27. The zero-order valence-electron chi connectivity index (χ0n) is 10.5. The topological polar surface area (TPSA) is 81.4 Å². The molecule has 1 rings (SSSR count). The molecule has 0 saturated heterocycles. The summed E-state index contributed by atoms with van der Waals surface area (Å²) in [5.74, 6) is -0.658. The molecule has 7 heteroatoms. The number of ether oxygens (including phenoxy) is 1. The van der Waals surface area contributed by atoms with Crippen molar-refractivity contribution in [2.45, 2.75) is 24.3 Å². The van der Waals surface area contributed by atoms with Gasteiger partial charge in [0, 0.05) is 7.11 Å². The normalized spacial score (nSPS) is 12.7. The molecule has 0 saturated carbocycles. The van der Waals surface area contributed by atoms with Gasteiger partial charge in [-0.2, -0.15) is 0 Å². The molecule has 0 radical (unpaired) electrons. The van der Waals surface area contributed by atoms with Crippen LogP contribution in [0.1, 0.15) is 13.8 Å². The van der Waals surface area contributed by atoms with Gasteiger partial charge in [-0.05, 0) is 32.0 Å². The summed E-state index contributed by atoms with van der Waals surface area (Å²) in [6, 6.07) is 3.21. The van der Waals surface area contributed by atoms with E-state index < -0.39 is 21.4 Å². The standard InChI is InChI=1S/C11H17FN2O3S/c1-11(2,7-17-3)14-18(15,16)10-6-8(12)4-5-9(10)13/h4-6,14H,7,13H2,1-3H3. The summed E-state index contributed by atoms with van der Waals surface area (Å²) in [6.07, 6.45) is 0. The number of nitrogen functional groups attached to an aromatic ring is 1. The quantitative estimate of drug-likeness (QED) is 0.789. The van der Waals surface area contributed by atoms with E-state index in [2.05, 4.69) is 4.72 Å². The van der Waals surface area contributed by atoms with Crippen LogP contribution in [0.25, 0.3) is 0 Å². The van der Waals surface area contributed by atoms with Gasteiger partial charge in [-0.15, -0.1) is 0 Å². The molecule has 0 atom stereocenters. The summed E-state index contributed by atoms with van der Waals surface area (Å²) >= 11 is 0. The average Bonchev–Trinajstić information content (AvgIpc) is 2.19. The van der Waals surface area contributed by atoms with Crippen molar-refractivity contribution in [3.05, 3.63) is 24.0 Å². The first-order valence-corrected chi connectivity index (χ1v) is 6.74. The van der Waals surface area contributed by atoms with E-state index in [1.165, 1.54) is 13.2 Å². The molecule has 102 valence electrons. The minimum Gasteiger partial charge on any atom is -0.398 e. The first kappa shape index (κ1) is 14.9. The zero-order chi connectivity index (χ0) is 14.0. The summed E-state index contributed by atoms with van der Waals surface area (Å²) in [5.41, 5.74) is 4.74. The number of benzene rings is 1. The van der Waals surface area contributed by atoms with Crippen molar-refractivity contribution >= 4 is 15.7 Å². The van der Waals surface area contributed by atoms with Gasteiger partial charge < -0.3 is 10.5 Å². The summed E-state index contributed by atoms with van der Waals surface area (Å²) in [4.78, 5) is -0.272. The second-order valence-corrected chi connectivity index (χ2v) is 6.26. The Morgan fingerprint density at radius 1 is 1.44 bits per heavy atom. The van der Waals surface area contributed by atoms with E-state index in [0.717, 1.165) is 12.1 Å². The lowest BCUT2D eigenvalue weighted by atomic mass is 10.1. The van der Waals surface area contributed by atoms with Crippen LogP contribution >= 0.6 is 0 Å². The summed E-state index contributed by atoms with van der Waals surface area (Å²) in [7, 11) is -2.42. The highest BCUT2D eigenvalue weighted by molar-refractivity contribution is 7.89. The van der Waals surface area contributed by atoms with Crippen molar-refractivity contribution in [1.29, 1.82) is 0 Å². The monoisotopic (exact) mass is 276 g/mol. The number of nitrogens with one attached hydrogen (secondary N) is 1. The first-order valence-electron chi connectivity index (χ1n) is 5.26. The number of anilines is 1. The number of halogens is 1. The number of rotatable bonds is 5. The highest BCUT2D eigenvalue weighted by Crippen LogP contribution is 2.21. The fourth-order valence-electron chi connectivity index (χ4n) is 1.55. The van der Waals surface area contributed by atoms with Crippen LogP contribution < -0.4 is 10.5 Å². The highest BCUT2D eigenvalue weighted by atomic mass is 32.2. The van der Waals surface area contributed by atoms with Gasteiger partial charge in [0.05, 0.1) is 17.8 Å². The molecular weight excluding hydrogens is 259 g/mol. The third-order valence-corrected chi connectivity index (χ3v) is 3.93. The number of hydrogen-bond acceptors (Lipinski definition) is 4. The lowest BCUT2D eigenvalue weighted by Gasteiger charge is -2.25. The zero-order valence-corrected chi connectivity index (χ0v) is 11.3. The van der Waals surface area contributed by atoms with E-state index in [4.69, 9.17) is 10.5 Å². The fourth-order valence-corrected chi connectivity index (χ4v) is 3.09. The van der Waals surface area contributed by atoms with E-state index >= 15 is 0 Å². The second-order valence-electron chi connectivity index (χ2n) is 4.60. The van der Waals surface area contributed by atoms with E-state index in [-0.39, 0.29) is 17.2 Å². The van der Waals surface area contributed by atoms with Crippen LogP contribution in [0.15, 0.2) is 23.1 Å². The van der Waals surface area contributed by atoms with Gasteiger partial charge in [-0.1, -0.05) is 0 Å². The molecule has 1 aromatic rings. The molecule has 0 aromatic heterocycles. The Labute approximate surface area is 106 Å². The number of nitrogens with two attached hydrogens (primary N) is 1. The largest absolute Gasteiger partial charge is 0.398 e. The lowest BCUT2D eigenvalue weighted by molar-refractivity contribution is 0.141. The van der Waals surface area contributed by atoms with Crippen LogP contribution in [-0.4, -0.2) is 27.7 Å². The van der Waals surface area contributed by atoms with E-state index in [1.807, 2.05) is 0 Å². The number of sulfonamides is 1. The molecule has 0 amide bonds. The minimum atomic E-state index is -3.89. The van der Waals surface area contributed by atoms with Crippen LogP contribution in [-0.2, 0) is 14.8 Å². The molecule has 3 N–H and O–H groups in total. The second kappa shape index (κ2) is 5.21. The van der Waals surface area contributed by atoms with Gasteiger partial charge in [0.2, 0.25) is 10.0 Å². The van der Waals surface area contributed by atoms with Crippen molar-refractivity contribution in [2.75, 3.05) is 19.5 Å². The van der Waals surface area contributed by atoms with Crippen molar-refractivity contribution in [2.24, 2.45) is 0 Å². The first-order chi connectivity index (χ1) is 8.18. The molecule has 0 aliphatic carbocycles. The molecule has 0 spiro atoms. The van der Waals surface area contributed by atoms with Crippen molar-refractivity contribution in [3.8, 4) is 0 Å². The average molecular weight is 276 g/mol. The van der Waals surface area contributed by atoms with Crippen molar-refractivity contribution in [3.63, 3.8) is 0 Å². The predicted molar refractivity (Wildman–Crippen MR) is 67.1 cm³/mol. The van der Waals surface area contributed by atoms with Crippen molar-refractivity contribution in [1.82, 2.24) is 4.72 Å². The molecule has 0 unspecified atom stereocenters. The molecule has 0 heterocycles. The fraction of sp³-hybridized carbons (Fsp3) is 0.455. The maximum Gasteiger partial charge on any atom is 0.243 e. The van der Waals surface area contributed by atoms with E-state index in [1.54, 1.807) is 13.8 Å². The van der Waals surface area contributed by atoms with Crippen LogP contribution in [0, 0.1) is 5.82 Å². The maximum atomic E-state index is 13.1. The predicted octanol–water partition coefficient (Wildman–Crippen LogP) is 1.11. The van der Waals surface area contributed by atoms with E-state index in [0.29, 0.717) is 0 Å². The van der Waals surface area contributed by atoms with Crippen LogP contribution in [0.4, 0.5) is 10.1 Å². The summed E-state index contributed by atoms with van der Waals surface area (Å²) in [5, 5.41) is 0. The van der Waals surface area contributed by atoms with Crippen molar-refractivity contribution < 1.29 is 17.5 Å². The molecule has 1 aromatic carbocycles. The van der Waals surface area contributed by atoms with Crippen LogP contribution in [0.3, 0.4) is 0 Å². The van der Waals surface area contributed by atoms with Gasteiger partial charge in [0.1, 0.15) is 10.7 Å². The molecule has 0 aliphatic heterocycles. The molecule has 5 nitrogen and oxygen atoms in total. The minimum absolute atomic E-state index is 0.00267. The Hall–Kier alpha value is -1.18. The molecule has 0 aliphatic rings. The molecular formula is C11H17FN2O3S. The third kappa shape index (κ3) is 3.66. The van der Waals surface area contributed by atoms with E-state index in [9.17, 15) is 12.8 Å². The molecule has 18 heavy (non-hydrogen) atoms. The number of hydrogen-bond donors (Lipinski definition) is 2. The lowest BCUT2D eigenvalue weighted by Crippen LogP contribution is -2.46. The summed E-state index contributed by atoms with van der Waals surface area (Å²) in [6.45, 7) is 3.49. The molecule has 0 fully saturated rings. The van der Waals surface area contributed by atoms with Gasteiger partial charge in [0.15, 0.2) is 0 Å². The van der Waals surface area contributed by atoms with Gasteiger partial charge in [-0.25, -0.2) is 17.5 Å². The summed E-state index contributed by atoms with van der Waals surface area (Å²) < 4.78 is 44.6. The van der Waals surface area contributed by atoms with Crippen LogP contribution in [0.2, 0.25) is 0 Å². The Morgan fingerprint density at radius 3 is 2.61 bits per heavy atom. The maximum absolute atomic E-state index is 13.1. The SMILES string of the molecule is COCC(C)(C)NS(=O)(=O)c1cc(F)ccc1N. The number of methoxy groups -OCH3 is 1. The molecule has 0 bridgehead atoms. The van der Waals surface area contributed by atoms with Gasteiger partial charge in [-0.3, -0.25) is 0 Å². The Balaban J connectivity index is 3.11.